The first kappa shape index (κ1) is 12.0. The Labute approximate surface area is 102 Å². The van der Waals surface area contributed by atoms with Gasteiger partial charge >= 0.3 is 0 Å². The molecule has 1 N–H and O–H groups in total. The Balaban J connectivity index is 1.93. The van der Waals surface area contributed by atoms with Crippen LogP contribution in [-0.4, -0.2) is 36.6 Å². The lowest BCUT2D eigenvalue weighted by Crippen LogP contribution is -2.40. The Morgan fingerprint density at radius 1 is 1.69 bits per heavy atom. The van der Waals surface area contributed by atoms with E-state index in [-0.39, 0.29) is 0 Å². The third-order valence-electron chi connectivity index (χ3n) is 3.47. The van der Waals surface area contributed by atoms with Gasteiger partial charge in [0.2, 0.25) is 0 Å². The molecule has 1 aliphatic rings. The topological polar surface area (TPSA) is 28.2 Å². The van der Waals surface area contributed by atoms with Gasteiger partial charge in [-0.15, -0.1) is 11.3 Å². The van der Waals surface area contributed by atoms with Gasteiger partial charge in [-0.3, -0.25) is 4.90 Å². The predicted molar refractivity (Wildman–Crippen MR) is 68.8 cm³/mol. The zero-order valence-corrected chi connectivity index (χ0v) is 11.0. The molecule has 90 valence electrons. The van der Waals surface area contributed by atoms with Crippen LogP contribution in [0.2, 0.25) is 0 Å². The van der Waals surface area contributed by atoms with Crippen molar-refractivity contribution in [1.82, 2.24) is 15.2 Å². The minimum absolute atomic E-state index is 0.478. The van der Waals surface area contributed by atoms with E-state index < -0.39 is 0 Å². The van der Waals surface area contributed by atoms with Gasteiger partial charge in [0.25, 0.3) is 0 Å². The van der Waals surface area contributed by atoms with Gasteiger partial charge in [0.1, 0.15) is 0 Å². The van der Waals surface area contributed by atoms with Gasteiger partial charge in [0, 0.05) is 11.9 Å². The van der Waals surface area contributed by atoms with Gasteiger partial charge in [-0.2, -0.15) is 0 Å². The molecule has 2 heterocycles. The molecule has 1 aliphatic heterocycles. The minimum atomic E-state index is 0.478. The number of rotatable bonds is 4. The van der Waals surface area contributed by atoms with Gasteiger partial charge in [-0.1, -0.05) is 0 Å². The molecule has 2 rings (SSSR count). The van der Waals surface area contributed by atoms with Gasteiger partial charge in [-0.25, -0.2) is 4.98 Å². The van der Waals surface area contributed by atoms with Gasteiger partial charge in [0.05, 0.1) is 17.2 Å². The van der Waals surface area contributed by atoms with Crippen LogP contribution < -0.4 is 5.32 Å². The molecule has 0 aromatic carbocycles. The standard InChI is InChI=1S/C12H21N3S/c1-10(12-8-16-9-14-12)15-5-3-4-11(7-15)6-13-2/h8-11,13H,3-7H2,1-2H3. The molecule has 2 unspecified atom stereocenters. The first-order valence-electron chi connectivity index (χ1n) is 6.08. The van der Waals surface area contributed by atoms with Crippen LogP contribution in [0.3, 0.4) is 0 Å². The van der Waals surface area contributed by atoms with E-state index in [0.29, 0.717) is 6.04 Å². The van der Waals surface area contributed by atoms with Crippen molar-refractivity contribution in [2.75, 3.05) is 26.7 Å². The summed E-state index contributed by atoms with van der Waals surface area (Å²) in [6.07, 6.45) is 2.68. The molecule has 0 amide bonds. The monoisotopic (exact) mass is 239 g/mol. The van der Waals surface area contributed by atoms with Crippen LogP contribution in [0.5, 0.6) is 0 Å². The average molecular weight is 239 g/mol. The third-order valence-corrected chi connectivity index (χ3v) is 4.08. The SMILES string of the molecule is CNCC1CCCN(C(C)c2cscn2)C1. The van der Waals surface area contributed by atoms with Gasteiger partial charge < -0.3 is 5.32 Å². The molecular weight excluding hydrogens is 218 g/mol. The summed E-state index contributed by atoms with van der Waals surface area (Å²) < 4.78 is 0. The van der Waals surface area contributed by atoms with E-state index in [4.69, 9.17) is 0 Å². The van der Waals surface area contributed by atoms with E-state index in [1.165, 1.54) is 31.6 Å². The molecule has 0 aliphatic carbocycles. The largest absolute Gasteiger partial charge is 0.319 e. The third kappa shape index (κ3) is 2.81. The zero-order chi connectivity index (χ0) is 11.4. The summed E-state index contributed by atoms with van der Waals surface area (Å²) in [4.78, 5) is 6.99. The fourth-order valence-corrected chi connectivity index (χ4v) is 3.16. The highest BCUT2D eigenvalue weighted by molar-refractivity contribution is 7.07. The Kier molecular flexibility index (Phi) is 4.32. The highest BCUT2D eigenvalue weighted by atomic mass is 32.1. The maximum absolute atomic E-state index is 4.42. The molecule has 3 nitrogen and oxygen atoms in total. The Bertz CT molecular complexity index is 297. The highest BCUT2D eigenvalue weighted by Gasteiger charge is 2.24. The van der Waals surface area contributed by atoms with Crippen molar-refractivity contribution in [3.8, 4) is 0 Å². The number of aromatic nitrogens is 1. The molecule has 1 aromatic rings. The Morgan fingerprint density at radius 2 is 2.56 bits per heavy atom. The maximum atomic E-state index is 4.42. The van der Waals surface area contributed by atoms with Crippen LogP contribution in [0.4, 0.5) is 0 Å². The summed E-state index contributed by atoms with van der Waals surface area (Å²) in [5.74, 6) is 0.805. The quantitative estimate of drug-likeness (QED) is 0.872. The van der Waals surface area contributed by atoms with Crippen LogP contribution in [0, 0.1) is 5.92 Å². The molecule has 4 heteroatoms. The molecule has 1 aromatic heterocycles. The summed E-state index contributed by atoms with van der Waals surface area (Å²) in [6, 6.07) is 0.478. The second-order valence-corrected chi connectivity index (χ2v) is 5.37. The van der Waals surface area contributed by atoms with Crippen LogP contribution in [0.1, 0.15) is 31.5 Å². The molecule has 16 heavy (non-hydrogen) atoms. The van der Waals surface area contributed by atoms with Gasteiger partial charge in [0.15, 0.2) is 0 Å². The molecular formula is C12H21N3S. The normalized spacial score (nSPS) is 24.5. The fraction of sp³-hybridized carbons (Fsp3) is 0.750. The van der Waals surface area contributed by atoms with Crippen LogP contribution in [0.25, 0.3) is 0 Å². The molecule has 0 saturated carbocycles. The molecule has 0 spiro atoms. The summed E-state index contributed by atoms with van der Waals surface area (Å²) in [5, 5.41) is 5.46. The van der Waals surface area contributed by atoms with Crippen molar-refractivity contribution in [2.45, 2.75) is 25.8 Å². The lowest BCUT2D eigenvalue weighted by Gasteiger charge is -2.36. The molecule has 0 radical (unpaired) electrons. The molecule has 2 atom stereocenters. The van der Waals surface area contributed by atoms with Crippen molar-refractivity contribution in [3.05, 3.63) is 16.6 Å². The number of hydrogen-bond donors (Lipinski definition) is 1. The van der Waals surface area contributed by atoms with E-state index in [9.17, 15) is 0 Å². The Morgan fingerprint density at radius 3 is 3.25 bits per heavy atom. The van der Waals surface area contributed by atoms with Gasteiger partial charge in [-0.05, 0) is 45.8 Å². The zero-order valence-electron chi connectivity index (χ0n) is 10.1. The first-order chi connectivity index (χ1) is 7.81. The van der Waals surface area contributed by atoms with E-state index >= 15 is 0 Å². The fourth-order valence-electron chi connectivity index (χ4n) is 2.52. The van der Waals surface area contributed by atoms with Crippen LogP contribution >= 0.6 is 11.3 Å². The number of nitrogens with one attached hydrogen (secondary N) is 1. The molecule has 1 fully saturated rings. The van der Waals surface area contributed by atoms with E-state index in [2.05, 4.69) is 27.5 Å². The number of thiazole rings is 1. The number of likely N-dealkylation sites (tertiary alicyclic amines) is 1. The van der Waals surface area contributed by atoms with Crippen molar-refractivity contribution in [3.63, 3.8) is 0 Å². The smallest absolute Gasteiger partial charge is 0.0795 e. The maximum Gasteiger partial charge on any atom is 0.0795 e. The summed E-state index contributed by atoms with van der Waals surface area (Å²) in [5.41, 5.74) is 3.16. The van der Waals surface area contributed by atoms with Crippen LogP contribution in [0.15, 0.2) is 10.9 Å². The number of hydrogen-bond acceptors (Lipinski definition) is 4. The van der Waals surface area contributed by atoms with E-state index in [0.717, 1.165) is 12.5 Å². The molecule has 1 saturated heterocycles. The molecule has 0 bridgehead atoms. The Hall–Kier alpha value is -0.450. The lowest BCUT2D eigenvalue weighted by atomic mass is 9.96. The minimum Gasteiger partial charge on any atom is -0.319 e. The van der Waals surface area contributed by atoms with Crippen molar-refractivity contribution < 1.29 is 0 Å². The average Bonchev–Trinajstić information content (AvgIpc) is 2.82. The number of nitrogens with zero attached hydrogens (tertiary/aromatic N) is 2. The van der Waals surface area contributed by atoms with E-state index in [1.54, 1.807) is 11.3 Å². The van der Waals surface area contributed by atoms with Crippen LogP contribution in [-0.2, 0) is 0 Å². The second-order valence-electron chi connectivity index (χ2n) is 4.65. The predicted octanol–water partition coefficient (Wildman–Crippen LogP) is 2.14. The lowest BCUT2D eigenvalue weighted by molar-refractivity contribution is 0.129. The summed E-state index contributed by atoms with van der Waals surface area (Å²) >= 11 is 1.69. The number of piperidine rings is 1. The van der Waals surface area contributed by atoms with E-state index in [1.807, 2.05) is 12.6 Å². The summed E-state index contributed by atoms with van der Waals surface area (Å²) in [7, 11) is 2.04. The van der Waals surface area contributed by atoms with Crippen molar-refractivity contribution in [1.29, 1.82) is 0 Å². The summed E-state index contributed by atoms with van der Waals surface area (Å²) in [6.45, 7) is 5.84. The first-order valence-corrected chi connectivity index (χ1v) is 7.02. The van der Waals surface area contributed by atoms with Crippen molar-refractivity contribution in [2.24, 2.45) is 5.92 Å². The van der Waals surface area contributed by atoms with Crippen molar-refractivity contribution >= 4 is 11.3 Å². The second kappa shape index (κ2) is 5.75. The highest BCUT2D eigenvalue weighted by Crippen LogP contribution is 2.25.